The number of aliphatic carboxylic acids is 1. The molecule has 0 aromatic rings. The van der Waals surface area contributed by atoms with Crippen LogP contribution < -0.4 is 5.11 Å². The molecule has 0 saturated carbocycles. The number of rotatable bonds is 40. The van der Waals surface area contributed by atoms with Crippen molar-refractivity contribution in [3.8, 4) is 0 Å². The Kier molecular flexibility index (Phi) is 36.3. The molecule has 0 spiro atoms. The Morgan fingerprint density at radius 3 is 1.44 bits per heavy atom. The summed E-state index contributed by atoms with van der Waals surface area (Å²) >= 11 is 0. The Balaban J connectivity index is 3.40. The number of hydrogen-bond donors (Lipinski definition) is 1. The molecular weight excluding hydrogens is 654 g/mol. The van der Waals surface area contributed by atoms with E-state index in [2.05, 4.69) is 31.2 Å². The number of carbonyl (C=O) groups excluding carboxylic acids is 2. The van der Waals surface area contributed by atoms with E-state index in [9.17, 15) is 19.8 Å². The van der Waals surface area contributed by atoms with Gasteiger partial charge in [0.25, 0.3) is 0 Å². The standard InChI is InChI=1S/C44H83NO7/c1-5-6-7-8-9-10-11-12-13-14-15-16-17-18-19-20-21-22-23-24-25-26-27-28-29-30-31-32-33-34-35-36-42(47)51-39-41(46)40-52-44(43(48)49)50-38-37-45(2,3)4/h11-12,14-15,41,44,46H,5-10,13,16-40H2,1-4H3/b12-11-,15-14-. The summed E-state index contributed by atoms with van der Waals surface area (Å²) in [6.45, 7) is 2.47. The summed E-state index contributed by atoms with van der Waals surface area (Å²) in [5.74, 6) is -1.86. The first-order valence-electron chi connectivity index (χ1n) is 21.5. The summed E-state index contributed by atoms with van der Waals surface area (Å²) in [7, 11) is 5.88. The summed E-state index contributed by atoms with van der Waals surface area (Å²) in [5.41, 5.74) is 0. The third-order valence-electron chi connectivity index (χ3n) is 9.43. The van der Waals surface area contributed by atoms with E-state index in [1.807, 2.05) is 21.1 Å². The highest BCUT2D eigenvalue weighted by Crippen LogP contribution is 2.15. The molecule has 0 fully saturated rings. The van der Waals surface area contributed by atoms with Gasteiger partial charge in [-0.15, -0.1) is 0 Å². The molecule has 2 unspecified atom stereocenters. The number of carboxylic acids is 1. The first kappa shape index (κ1) is 50.3. The lowest BCUT2D eigenvalue weighted by atomic mass is 10.0. The van der Waals surface area contributed by atoms with E-state index in [4.69, 9.17) is 14.2 Å². The third-order valence-corrected chi connectivity index (χ3v) is 9.43. The molecule has 0 rings (SSSR count). The molecule has 0 aliphatic rings. The molecule has 0 radical (unpaired) electrons. The first-order valence-corrected chi connectivity index (χ1v) is 21.5. The highest BCUT2D eigenvalue weighted by molar-refractivity contribution is 5.69. The number of allylic oxidation sites excluding steroid dienone is 4. The molecular formula is C44H83NO7. The maximum absolute atomic E-state index is 12.0. The van der Waals surface area contributed by atoms with Gasteiger partial charge < -0.3 is 33.7 Å². The van der Waals surface area contributed by atoms with Crippen LogP contribution in [0.2, 0.25) is 0 Å². The fraction of sp³-hybridized carbons (Fsp3) is 0.864. The molecule has 306 valence electrons. The number of hydrogen-bond acceptors (Lipinski definition) is 7. The second-order valence-electron chi connectivity index (χ2n) is 15.8. The number of esters is 1. The van der Waals surface area contributed by atoms with Gasteiger partial charge in [-0.05, 0) is 38.5 Å². The number of aliphatic hydroxyl groups is 1. The van der Waals surface area contributed by atoms with Crippen molar-refractivity contribution < 1.29 is 38.5 Å². The zero-order chi connectivity index (χ0) is 38.4. The predicted octanol–water partition coefficient (Wildman–Crippen LogP) is 9.76. The molecule has 0 aromatic heterocycles. The molecule has 2 atom stereocenters. The fourth-order valence-corrected chi connectivity index (χ4v) is 6.03. The Morgan fingerprint density at radius 1 is 0.596 bits per heavy atom. The van der Waals surface area contributed by atoms with E-state index >= 15 is 0 Å². The Hall–Kier alpha value is -1.74. The zero-order valence-corrected chi connectivity index (χ0v) is 34.4. The van der Waals surface area contributed by atoms with Crippen molar-refractivity contribution in [2.75, 3.05) is 47.5 Å². The third kappa shape index (κ3) is 39.5. The largest absolute Gasteiger partial charge is 0.545 e. The summed E-state index contributed by atoms with van der Waals surface area (Å²) in [6, 6.07) is 0. The van der Waals surface area contributed by atoms with Crippen molar-refractivity contribution in [1.29, 1.82) is 0 Å². The zero-order valence-electron chi connectivity index (χ0n) is 34.4. The predicted molar refractivity (Wildman–Crippen MR) is 214 cm³/mol. The molecule has 0 aliphatic heterocycles. The summed E-state index contributed by atoms with van der Waals surface area (Å²) in [5, 5.41) is 21.2. The summed E-state index contributed by atoms with van der Waals surface area (Å²) < 4.78 is 16.0. The van der Waals surface area contributed by atoms with E-state index in [-0.39, 0.29) is 25.8 Å². The fourth-order valence-electron chi connectivity index (χ4n) is 6.03. The average molecular weight is 738 g/mol. The van der Waals surface area contributed by atoms with Gasteiger partial charge in [-0.2, -0.15) is 0 Å². The van der Waals surface area contributed by atoms with Crippen LogP contribution in [0.5, 0.6) is 0 Å². The molecule has 52 heavy (non-hydrogen) atoms. The number of nitrogens with zero attached hydrogens (tertiary/aromatic N) is 1. The van der Waals surface area contributed by atoms with Crippen molar-refractivity contribution in [3.05, 3.63) is 24.3 Å². The lowest BCUT2D eigenvalue weighted by molar-refractivity contribution is -0.870. The number of carboxylic acid groups (broad SMARTS) is 1. The highest BCUT2D eigenvalue weighted by Gasteiger charge is 2.17. The minimum atomic E-state index is -1.57. The maximum Gasteiger partial charge on any atom is 0.305 e. The number of quaternary nitrogens is 1. The normalized spacial score (nSPS) is 13.3. The van der Waals surface area contributed by atoms with Gasteiger partial charge in [-0.25, -0.2) is 0 Å². The molecule has 0 aromatic carbocycles. The molecule has 0 heterocycles. The van der Waals surface area contributed by atoms with Gasteiger partial charge in [0.1, 0.15) is 19.3 Å². The van der Waals surface area contributed by atoms with Gasteiger partial charge >= 0.3 is 5.97 Å². The minimum absolute atomic E-state index is 0.172. The van der Waals surface area contributed by atoms with E-state index in [1.54, 1.807) is 0 Å². The smallest absolute Gasteiger partial charge is 0.305 e. The van der Waals surface area contributed by atoms with Crippen molar-refractivity contribution in [2.24, 2.45) is 0 Å². The quantitative estimate of drug-likeness (QED) is 0.0220. The van der Waals surface area contributed by atoms with Gasteiger partial charge in [-0.1, -0.05) is 166 Å². The topological polar surface area (TPSA) is 105 Å². The Morgan fingerprint density at radius 2 is 1.02 bits per heavy atom. The van der Waals surface area contributed by atoms with E-state index in [0.29, 0.717) is 17.4 Å². The Labute approximate surface area is 320 Å². The van der Waals surface area contributed by atoms with E-state index in [0.717, 1.165) is 25.7 Å². The molecule has 8 nitrogen and oxygen atoms in total. The minimum Gasteiger partial charge on any atom is -0.545 e. The van der Waals surface area contributed by atoms with Crippen LogP contribution in [0.15, 0.2) is 24.3 Å². The molecule has 0 amide bonds. The number of unbranched alkanes of at least 4 members (excludes halogenated alkanes) is 24. The van der Waals surface area contributed by atoms with Crippen LogP contribution in [0, 0.1) is 0 Å². The van der Waals surface area contributed by atoms with Crippen LogP contribution >= 0.6 is 0 Å². The highest BCUT2D eigenvalue weighted by atomic mass is 16.7. The van der Waals surface area contributed by atoms with Crippen LogP contribution in [0.1, 0.15) is 187 Å². The van der Waals surface area contributed by atoms with Gasteiger partial charge in [0.2, 0.25) is 0 Å². The molecule has 0 saturated heterocycles. The summed E-state index contributed by atoms with van der Waals surface area (Å²) in [6.07, 6.45) is 42.1. The average Bonchev–Trinajstić information content (AvgIpc) is 3.10. The van der Waals surface area contributed by atoms with Crippen molar-refractivity contribution >= 4 is 11.9 Å². The number of aliphatic hydroxyl groups excluding tert-OH is 1. The number of likely N-dealkylation sites (N-methyl/N-ethyl adjacent to an activating group) is 1. The van der Waals surface area contributed by atoms with Gasteiger partial charge in [0.15, 0.2) is 6.29 Å². The van der Waals surface area contributed by atoms with Crippen LogP contribution in [-0.4, -0.2) is 81.4 Å². The van der Waals surface area contributed by atoms with Crippen molar-refractivity contribution in [3.63, 3.8) is 0 Å². The van der Waals surface area contributed by atoms with Crippen LogP contribution in [0.25, 0.3) is 0 Å². The van der Waals surface area contributed by atoms with Crippen LogP contribution in [0.4, 0.5) is 0 Å². The lowest BCUT2D eigenvalue weighted by Crippen LogP contribution is -2.44. The molecule has 1 N–H and O–H groups in total. The molecule has 0 bridgehead atoms. The SMILES string of the molecule is CCCCCCC/C=C\C/C=C\CCCCCCCCCCCCCCCCCCCCCC(=O)OCC(O)COC(OCC[N+](C)(C)C)C(=O)[O-]. The number of carbonyl (C=O) groups is 2. The van der Waals surface area contributed by atoms with Gasteiger partial charge in [0, 0.05) is 6.42 Å². The Bertz CT molecular complexity index is 854. The van der Waals surface area contributed by atoms with Crippen LogP contribution in [-0.2, 0) is 23.8 Å². The summed E-state index contributed by atoms with van der Waals surface area (Å²) in [4.78, 5) is 23.2. The second-order valence-corrected chi connectivity index (χ2v) is 15.8. The van der Waals surface area contributed by atoms with E-state index < -0.39 is 18.4 Å². The molecule has 0 aliphatic carbocycles. The van der Waals surface area contributed by atoms with Gasteiger partial charge in [-0.3, -0.25) is 4.79 Å². The van der Waals surface area contributed by atoms with Crippen molar-refractivity contribution in [1.82, 2.24) is 0 Å². The van der Waals surface area contributed by atoms with Gasteiger partial charge in [0.05, 0.1) is 40.3 Å². The number of ether oxygens (including phenoxy) is 3. The van der Waals surface area contributed by atoms with E-state index in [1.165, 1.54) is 148 Å². The maximum atomic E-state index is 12.0. The first-order chi connectivity index (χ1) is 25.2. The monoisotopic (exact) mass is 738 g/mol. The van der Waals surface area contributed by atoms with Crippen LogP contribution in [0.3, 0.4) is 0 Å². The second kappa shape index (κ2) is 37.6. The van der Waals surface area contributed by atoms with Crippen molar-refractivity contribution in [2.45, 2.75) is 199 Å². The molecule has 8 heteroatoms. The lowest BCUT2D eigenvalue weighted by Gasteiger charge is -2.26.